The van der Waals surface area contributed by atoms with E-state index in [9.17, 15) is 19.5 Å². The summed E-state index contributed by atoms with van der Waals surface area (Å²) in [6.45, 7) is 4.51. The highest BCUT2D eigenvalue weighted by Gasteiger charge is 2.28. The van der Waals surface area contributed by atoms with Crippen molar-refractivity contribution in [1.82, 2.24) is 15.1 Å². The lowest BCUT2D eigenvalue weighted by Crippen LogP contribution is -2.49. The van der Waals surface area contributed by atoms with E-state index in [1.54, 1.807) is 31.3 Å². The summed E-state index contributed by atoms with van der Waals surface area (Å²) in [6, 6.07) is 13.6. The second-order valence-electron chi connectivity index (χ2n) is 8.84. The molecule has 3 rings (SSSR count). The van der Waals surface area contributed by atoms with Gasteiger partial charge in [-0.3, -0.25) is 9.69 Å². The summed E-state index contributed by atoms with van der Waals surface area (Å²) in [5.41, 5.74) is 1.80. The number of methoxy groups -OCH3 is 2. The summed E-state index contributed by atoms with van der Waals surface area (Å²) in [5.74, 6) is 0.177. The Kier molecular flexibility index (Phi) is 10.1. The highest BCUT2D eigenvalue weighted by Crippen LogP contribution is 2.33. The van der Waals surface area contributed by atoms with Crippen LogP contribution in [0.3, 0.4) is 0 Å². The third kappa shape index (κ3) is 7.85. The molecule has 10 nitrogen and oxygen atoms in total. The van der Waals surface area contributed by atoms with Crippen molar-refractivity contribution in [2.45, 2.75) is 38.5 Å². The number of carboxylic acid groups (broad SMARTS) is 1. The van der Waals surface area contributed by atoms with Crippen LogP contribution >= 0.6 is 0 Å². The first kappa shape index (κ1) is 27.8. The largest absolute Gasteiger partial charge is 0.497 e. The molecule has 1 unspecified atom stereocenters. The van der Waals surface area contributed by atoms with Gasteiger partial charge in [0, 0.05) is 44.2 Å². The summed E-state index contributed by atoms with van der Waals surface area (Å²) >= 11 is 0. The van der Waals surface area contributed by atoms with Crippen LogP contribution in [-0.2, 0) is 20.9 Å². The lowest BCUT2D eigenvalue weighted by Gasteiger charge is -2.38. The van der Waals surface area contributed by atoms with Gasteiger partial charge in [0.15, 0.2) is 0 Å². The molecule has 0 bridgehead atoms. The van der Waals surface area contributed by atoms with Crippen LogP contribution in [0.2, 0.25) is 0 Å². The van der Waals surface area contributed by atoms with Crippen LogP contribution in [0.15, 0.2) is 48.5 Å². The number of hydrogen-bond donors (Lipinski definition) is 2. The monoisotopic (exact) mass is 513 g/mol. The standard InChI is InChI=1S/C27H35N3O7/c1-19(22-17-21(35-2)9-11-24(22)36-3)29-13-15-30(16-14-29)25(31)12-10-23(26(32)33)28-27(34)37-18-20-7-5-4-6-8-20/h4-9,11,17,19,23H,10,12-16,18H2,1-3H3,(H,28,34)(H,32,33)/t19?,23-/m0/s1. The number of carbonyl (C=O) groups excluding carboxylic acids is 2. The molecule has 2 amide bonds. The lowest BCUT2D eigenvalue weighted by molar-refractivity contribution is -0.140. The molecular formula is C27H35N3O7. The maximum Gasteiger partial charge on any atom is 0.408 e. The van der Waals surface area contributed by atoms with Crippen LogP contribution in [0.1, 0.15) is 36.9 Å². The van der Waals surface area contributed by atoms with Crippen LogP contribution < -0.4 is 14.8 Å². The molecule has 1 aliphatic rings. The fourth-order valence-corrected chi connectivity index (χ4v) is 4.31. The summed E-state index contributed by atoms with van der Waals surface area (Å²) in [5, 5.41) is 11.8. The molecule has 1 heterocycles. The molecular weight excluding hydrogens is 478 g/mol. The second kappa shape index (κ2) is 13.5. The van der Waals surface area contributed by atoms with Crippen molar-refractivity contribution in [2.75, 3.05) is 40.4 Å². The maximum atomic E-state index is 12.8. The van der Waals surface area contributed by atoms with Gasteiger partial charge in [-0.15, -0.1) is 0 Å². The molecule has 0 spiro atoms. The number of aliphatic carboxylic acids is 1. The molecule has 200 valence electrons. The van der Waals surface area contributed by atoms with E-state index in [1.165, 1.54) is 0 Å². The quantitative estimate of drug-likeness (QED) is 0.471. The molecule has 0 saturated carbocycles. The number of piperazine rings is 1. The van der Waals surface area contributed by atoms with E-state index in [0.29, 0.717) is 26.2 Å². The van der Waals surface area contributed by atoms with E-state index in [-0.39, 0.29) is 31.4 Å². The molecule has 1 saturated heterocycles. The SMILES string of the molecule is COc1ccc(OC)c(C(C)N2CCN(C(=O)CC[C@H](NC(=O)OCc3ccccc3)C(=O)O)CC2)c1. The highest BCUT2D eigenvalue weighted by molar-refractivity contribution is 5.81. The Labute approximate surface area is 217 Å². The van der Waals surface area contributed by atoms with Gasteiger partial charge in [-0.2, -0.15) is 0 Å². The summed E-state index contributed by atoms with van der Waals surface area (Å²) in [4.78, 5) is 40.5. The average Bonchev–Trinajstić information content (AvgIpc) is 2.93. The zero-order valence-corrected chi connectivity index (χ0v) is 21.5. The van der Waals surface area contributed by atoms with Gasteiger partial charge in [-0.25, -0.2) is 9.59 Å². The van der Waals surface area contributed by atoms with E-state index < -0.39 is 18.1 Å². The third-order valence-electron chi connectivity index (χ3n) is 6.55. The number of nitrogens with one attached hydrogen (secondary N) is 1. The molecule has 2 aromatic carbocycles. The smallest absolute Gasteiger partial charge is 0.408 e. The van der Waals surface area contributed by atoms with Crippen LogP contribution in [-0.4, -0.2) is 79.3 Å². The summed E-state index contributed by atoms with van der Waals surface area (Å²) in [7, 11) is 3.26. The molecule has 37 heavy (non-hydrogen) atoms. The predicted molar refractivity (Wildman–Crippen MR) is 137 cm³/mol. The molecule has 0 radical (unpaired) electrons. The Bertz CT molecular complexity index is 1060. The van der Waals surface area contributed by atoms with E-state index in [4.69, 9.17) is 14.2 Å². The molecule has 2 atom stereocenters. The van der Waals surface area contributed by atoms with Crippen molar-refractivity contribution in [3.63, 3.8) is 0 Å². The Morgan fingerprint density at radius 2 is 1.70 bits per heavy atom. The van der Waals surface area contributed by atoms with E-state index >= 15 is 0 Å². The first-order valence-corrected chi connectivity index (χ1v) is 12.3. The van der Waals surface area contributed by atoms with Gasteiger partial charge in [-0.05, 0) is 37.1 Å². The topological polar surface area (TPSA) is 118 Å². The number of hydrogen-bond acceptors (Lipinski definition) is 7. The van der Waals surface area contributed by atoms with E-state index in [1.807, 2.05) is 36.4 Å². The average molecular weight is 514 g/mol. The molecule has 1 fully saturated rings. The Hall–Kier alpha value is -3.79. The Balaban J connectivity index is 1.47. The minimum Gasteiger partial charge on any atom is -0.497 e. The van der Waals surface area contributed by atoms with Crippen molar-refractivity contribution in [3.8, 4) is 11.5 Å². The Morgan fingerprint density at radius 3 is 2.32 bits per heavy atom. The lowest BCUT2D eigenvalue weighted by atomic mass is 10.0. The van der Waals surface area contributed by atoms with Crippen LogP contribution in [0.4, 0.5) is 4.79 Å². The minimum atomic E-state index is -1.21. The van der Waals surface area contributed by atoms with Crippen molar-refractivity contribution in [2.24, 2.45) is 0 Å². The van der Waals surface area contributed by atoms with Gasteiger partial charge in [0.05, 0.1) is 14.2 Å². The third-order valence-corrected chi connectivity index (χ3v) is 6.55. The van der Waals surface area contributed by atoms with Crippen LogP contribution in [0.25, 0.3) is 0 Å². The zero-order chi connectivity index (χ0) is 26.8. The number of carboxylic acids is 1. The highest BCUT2D eigenvalue weighted by atomic mass is 16.5. The normalized spacial score (nSPS) is 15.4. The second-order valence-corrected chi connectivity index (χ2v) is 8.84. The van der Waals surface area contributed by atoms with Gasteiger partial charge in [0.25, 0.3) is 0 Å². The molecule has 0 aromatic heterocycles. The van der Waals surface area contributed by atoms with E-state index in [2.05, 4.69) is 17.1 Å². The number of rotatable bonds is 11. The van der Waals surface area contributed by atoms with Gasteiger partial charge < -0.3 is 29.5 Å². The predicted octanol–water partition coefficient (Wildman–Crippen LogP) is 3.07. The number of nitrogens with zero attached hydrogens (tertiary/aromatic N) is 2. The number of ether oxygens (including phenoxy) is 3. The number of amides is 2. The van der Waals surface area contributed by atoms with Gasteiger partial charge >= 0.3 is 12.1 Å². The number of carbonyl (C=O) groups is 3. The molecule has 2 N–H and O–H groups in total. The van der Waals surface area contributed by atoms with Crippen molar-refractivity contribution >= 4 is 18.0 Å². The molecule has 2 aromatic rings. The Morgan fingerprint density at radius 1 is 1.00 bits per heavy atom. The minimum absolute atomic E-state index is 0.00912. The van der Waals surface area contributed by atoms with Crippen LogP contribution in [0, 0.1) is 0 Å². The van der Waals surface area contributed by atoms with Crippen molar-refractivity contribution in [1.29, 1.82) is 0 Å². The number of benzene rings is 2. The van der Waals surface area contributed by atoms with Crippen molar-refractivity contribution in [3.05, 3.63) is 59.7 Å². The van der Waals surface area contributed by atoms with Crippen LogP contribution in [0.5, 0.6) is 11.5 Å². The fourth-order valence-electron chi connectivity index (χ4n) is 4.31. The fraction of sp³-hybridized carbons (Fsp3) is 0.444. The maximum absolute atomic E-state index is 12.8. The summed E-state index contributed by atoms with van der Waals surface area (Å²) < 4.78 is 16.0. The zero-order valence-electron chi connectivity index (χ0n) is 21.5. The molecule has 0 aliphatic carbocycles. The number of alkyl carbamates (subject to hydrolysis) is 1. The first-order chi connectivity index (χ1) is 17.8. The summed E-state index contributed by atoms with van der Waals surface area (Å²) in [6.07, 6.45) is -0.846. The van der Waals surface area contributed by atoms with Gasteiger partial charge in [0.2, 0.25) is 5.91 Å². The van der Waals surface area contributed by atoms with Crippen molar-refractivity contribution < 1.29 is 33.7 Å². The first-order valence-electron chi connectivity index (χ1n) is 12.3. The molecule has 1 aliphatic heterocycles. The van der Waals surface area contributed by atoms with E-state index in [0.717, 1.165) is 22.6 Å². The van der Waals surface area contributed by atoms with Gasteiger partial charge in [-0.1, -0.05) is 30.3 Å². The van der Waals surface area contributed by atoms with Gasteiger partial charge in [0.1, 0.15) is 24.1 Å². The molecule has 10 heteroatoms.